The van der Waals surface area contributed by atoms with Crippen LogP contribution in [-0.4, -0.2) is 25.1 Å². The second-order valence-corrected chi connectivity index (χ2v) is 6.54. The van der Waals surface area contributed by atoms with E-state index < -0.39 is 35.1 Å². The van der Waals surface area contributed by atoms with Gasteiger partial charge in [-0.25, -0.2) is 28.1 Å². The third kappa shape index (κ3) is 4.16. The number of allylic oxidation sites excluding steroid dienone is 2. The summed E-state index contributed by atoms with van der Waals surface area (Å²) in [6, 6.07) is 2.15. The summed E-state index contributed by atoms with van der Waals surface area (Å²) >= 11 is 0. The molecule has 1 N–H and O–H groups in total. The summed E-state index contributed by atoms with van der Waals surface area (Å²) in [6.07, 6.45) is 6.40. The Morgan fingerprint density at radius 2 is 1.48 bits per heavy atom. The Kier molecular flexibility index (Phi) is 6.34. The van der Waals surface area contributed by atoms with E-state index in [4.69, 9.17) is 0 Å². The summed E-state index contributed by atoms with van der Waals surface area (Å²) < 4.78 is 2.34. The van der Waals surface area contributed by atoms with E-state index in [1.807, 2.05) is 0 Å². The minimum atomic E-state index is -0.978. The molecule has 27 heavy (non-hydrogen) atoms. The molecular formula is C18H23N5O4. The topological polar surface area (TPSA) is 119 Å². The second-order valence-electron chi connectivity index (χ2n) is 6.54. The summed E-state index contributed by atoms with van der Waals surface area (Å²) in [7, 11) is 0. The zero-order valence-electron chi connectivity index (χ0n) is 15.1. The lowest BCUT2D eigenvalue weighted by molar-refractivity contribution is -0.123. The standard InChI is InChI=1S/C18H23N5O4/c1-3-10-21-15(25)22(11-4-2)17(27)23(16(21)26)12-14(24)20-18(13-19)8-6-5-7-9-18/h3-4H,1-2,5-12H2,(H,20,24). The van der Waals surface area contributed by atoms with Crippen LogP contribution in [-0.2, 0) is 24.4 Å². The normalized spacial score (nSPS) is 15.5. The lowest BCUT2D eigenvalue weighted by Gasteiger charge is -2.31. The largest absolute Gasteiger partial charge is 0.337 e. The lowest BCUT2D eigenvalue weighted by Crippen LogP contribution is -2.57. The van der Waals surface area contributed by atoms with Crippen molar-refractivity contribution in [2.75, 3.05) is 0 Å². The number of carbonyl (C=O) groups is 1. The molecule has 1 amide bonds. The van der Waals surface area contributed by atoms with Crippen molar-refractivity contribution in [2.45, 2.75) is 57.3 Å². The van der Waals surface area contributed by atoms with E-state index in [1.54, 1.807) is 0 Å². The van der Waals surface area contributed by atoms with Crippen LogP contribution in [0.5, 0.6) is 0 Å². The van der Waals surface area contributed by atoms with Crippen molar-refractivity contribution in [3.05, 3.63) is 56.8 Å². The number of nitrogens with zero attached hydrogens (tertiary/aromatic N) is 4. The summed E-state index contributed by atoms with van der Waals surface area (Å²) in [5, 5.41) is 12.1. The predicted octanol–water partition coefficient (Wildman–Crippen LogP) is -0.114. The van der Waals surface area contributed by atoms with Crippen LogP contribution in [0.1, 0.15) is 32.1 Å². The number of aromatic nitrogens is 3. The lowest BCUT2D eigenvalue weighted by atomic mass is 9.83. The highest BCUT2D eigenvalue weighted by molar-refractivity contribution is 5.77. The zero-order chi connectivity index (χ0) is 20.0. The molecule has 1 fully saturated rings. The predicted molar refractivity (Wildman–Crippen MR) is 99.2 cm³/mol. The number of hydrogen-bond donors (Lipinski definition) is 1. The van der Waals surface area contributed by atoms with E-state index in [9.17, 15) is 24.4 Å². The van der Waals surface area contributed by atoms with Gasteiger partial charge in [-0.3, -0.25) is 4.79 Å². The van der Waals surface area contributed by atoms with Gasteiger partial charge in [0.25, 0.3) is 0 Å². The quantitative estimate of drug-likeness (QED) is 0.669. The van der Waals surface area contributed by atoms with Crippen molar-refractivity contribution >= 4 is 5.91 Å². The Morgan fingerprint density at radius 3 is 1.93 bits per heavy atom. The van der Waals surface area contributed by atoms with Gasteiger partial charge in [0.05, 0.1) is 19.2 Å². The minimum Gasteiger partial charge on any atom is -0.336 e. The maximum Gasteiger partial charge on any atom is 0.337 e. The van der Waals surface area contributed by atoms with Gasteiger partial charge >= 0.3 is 17.1 Å². The Bertz CT molecular complexity index is 906. The van der Waals surface area contributed by atoms with E-state index in [0.29, 0.717) is 17.4 Å². The van der Waals surface area contributed by atoms with Crippen LogP contribution in [0.15, 0.2) is 39.7 Å². The molecule has 1 heterocycles. The molecule has 9 heteroatoms. The number of rotatable bonds is 7. The van der Waals surface area contributed by atoms with Gasteiger partial charge in [-0.2, -0.15) is 5.26 Å². The fourth-order valence-electron chi connectivity index (χ4n) is 3.26. The first kappa shape index (κ1) is 20.2. The second kappa shape index (κ2) is 8.49. The fraction of sp³-hybridized carbons (Fsp3) is 0.500. The smallest absolute Gasteiger partial charge is 0.336 e. The first-order valence-corrected chi connectivity index (χ1v) is 8.77. The molecule has 0 saturated heterocycles. The molecule has 1 aliphatic rings. The summed E-state index contributed by atoms with van der Waals surface area (Å²) in [6.45, 7) is 6.22. The Morgan fingerprint density at radius 1 is 1.00 bits per heavy atom. The van der Waals surface area contributed by atoms with E-state index in [0.717, 1.165) is 28.4 Å². The molecule has 0 spiro atoms. The van der Waals surface area contributed by atoms with Crippen LogP contribution in [0.4, 0.5) is 0 Å². The van der Waals surface area contributed by atoms with Crippen molar-refractivity contribution in [1.82, 2.24) is 19.0 Å². The van der Waals surface area contributed by atoms with Gasteiger partial charge in [0.15, 0.2) is 0 Å². The molecule has 1 aromatic rings. The van der Waals surface area contributed by atoms with Crippen molar-refractivity contribution < 1.29 is 4.79 Å². The molecule has 0 aromatic carbocycles. The maximum absolute atomic E-state index is 12.5. The fourth-order valence-corrected chi connectivity index (χ4v) is 3.26. The van der Waals surface area contributed by atoms with Crippen molar-refractivity contribution in [1.29, 1.82) is 5.26 Å². The molecule has 2 rings (SSSR count). The molecule has 0 unspecified atom stereocenters. The number of amides is 1. The zero-order valence-corrected chi connectivity index (χ0v) is 15.1. The number of nitriles is 1. The highest BCUT2D eigenvalue weighted by Crippen LogP contribution is 2.27. The number of carbonyl (C=O) groups excluding carboxylic acids is 1. The van der Waals surface area contributed by atoms with Gasteiger partial charge < -0.3 is 5.32 Å². The molecule has 144 valence electrons. The highest BCUT2D eigenvalue weighted by atomic mass is 16.2. The summed E-state index contributed by atoms with van der Waals surface area (Å²) in [4.78, 5) is 49.8. The molecule has 0 atom stereocenters. The van der Waals surface area contributed by atoms with Crippen molar-refractivity contribution in [2.24, 2.45) is 0 Å². The summed E-state index contributed by atoms with van der Waals surface area (Å²) in [5.74, 6) is -0.619. The van der Waals surface area contributed by atoms with Crippen LogP contribution >= 0.6 is 0 Å². The molecular weight excluding hydrogens is 350 g/mol. The molecule has 1 aromatic heterocycles. The molecule has 1 aliphatic carbocycles. The average molecular weight is 373 g/mol. The Hall–Kier alpha value is -3.15. The van der Waals surface area contributed by atoms with Gasteiger partial charge in [-0.05, 0) is 12.8 Å². The van der Waals surface area contributed by atoms with Gasteiger partial charge in [0.1, 0.15) is 12.1 Å². The first-order chi connectivity index (χ1) is 12.9. The molecule has 0 aliphatic heterocycles. The minimum absolute atomic E-state index is 0.0984. The number of nitrogens with one attached hydrogen (secondary N) is 1. The van der Waals surface area contributed by atoms with Crippen LogP contribution in [0.3, 0.4) is 0 Å². The van der Waals surface area contributed by atoms with Crippen LogP contribution < -0.4 is 22.4 Å². The third-order valence-corrected chi connectivity index (χ3v) is 4.61. The van der Waals surface area contributed by atoms with Crippen molar-refractivity contribution in [3.8, 4) is 6.07 Å². The van der Waals surface area contributed by atoms with Crippen LogP contribution in [0.25, 0.3) is 0 Å². The third-order valence-electron chi connectivity index (χ3n) is 4.61. The van der Waals surface area contributed by atoms with Gasteiger partial charge in [0.2, 0.25) is 5.91 Å². The van der Waals surface area contributed by atoms with E-state index >= 15 is 0 Å². The Labute approximate surface area is 155 Å². The monoisotopic (exact) mass is 373 g/mol. The SMILES string of the molecule is C=CCn1c(=O)n(CC=C)c(=O)n(CC(=O)NC2(C#N)CCCCC2)c1=O. The highest BCUT2D eigenvalue weighted by Gasteiger charge is 2.33. The molecule has 1 saturated carbocycles. The van der Waals surface area contributed by atoms with Crippen molar-refractivity contribution in [3.63, 3.8) is 0 Å². The van der Waals surface area contributed by atoms with Gasteiger partial charge in [-0.15, -0.1) is 13.2 Å². The average Bonchev–Trinajstić information content (AvgIpc) is 2.66. The first-order valence-electron chi connectivity index (χ1n) is 8.77. The van der Waals surface area contributed by atoms with E-state index in [1.165, 1.54) is 12.2 Å². The van der Waals surface area contributed by atoms with Gasteiger partial charge in [0, 0.05) is 0 Å². The summed E-state index contributed by atoms with van der Waals surface area (Å²) in [5.41, 5.74) is -3.55. The van der Waals surface area contributed by atoms with Crippen LogP contribution in [0, 0.1) is 11.3 Å². The van der Waals surface area contributed by atoms with Crippen LogP contribution in [0.2, 0.25) is 0 Å². The Balaban J connectivity index is 2.41. The molecule has 9 nitrogen and oxygen atoms in total. The maximum atomic E-state index is 12.5. The number of hydrogen-bond acceptors (Lipinski definition) is 5. The molecule has 0 bridgehead atoms. The van der Waals surface area contributed by atoms with E-state index in [2.05, 4.69) is 24.5 Å². The van der Waals surface area contributed by atoms with Gasteiger partial charge in [-0.1, -0.05) is 31.4 Å². The van der Waals surface area contributed by atoms with E-state index in [-0.39, 0.29) is 13.1 Å². The molecule has 0 radical (unpaired) electrons.